The van der Waals surface area contributed by atoms with E-state index in [4.69, 9.17) is 0 Å². The summed E-state index contributed by atoms with van der Waals surface area (Å²) in [6, 6.07) is 19.3. The van der Waals surface area contributed by atoms with Crippen LogP contribution in [0.3, 0.4) is 0 Å². The van der Waals surface area contributed by atoms with Crippen LogP contribution in [0.5, 0.6) is 0 Å². The van der Waals surface area contributed by atoms with Crippen LogP contribution in [0.1, 0.15) is 16.7 Å². The molecule has 0 atom stereocenters. The third kappa shape index (κ3) is 3.20. The molecule has 0 bridgehead atoms. The van der Waals surface area contributed by atoms with E-state index in [0.29, 0.717) is 12.1 Å². The van der Waals surface area contributed by atoms with Crippen molar-refractivity contribution in [1.82, 2.24) is 4.90 Å². The van der Waals surface area contributed by atoms with Crippen LogP contribution in [0, 0.1) is 11.6 Å². The first-order valence-electron chi connectivity index (χ1n) is 10.00. The number of benzene rings is 3. The van der Waals surface area contributed by atoms with Gasteiger partial charge in [0.15, 0.2) is 0 Å². The summed E-state index contributed by atoms with van der Waals surface area (Å²) in [4.78, 5) is 29.8. The largest absolute Gasteiger partial charge is 0.336 e. The van der Waals surface area contributed by atoms with Crippen LogP contribution >= 0.6 is 0 Å². The van der Waals surface area contributed by atoms with E-state index in [1.165, 1.54) is 30.3 Å². The third-order valence-electron chi connectivity index (χ3n) is 5.72. The van der Waals surface area contributed by atoms with Crippen molar-refractivity contribution in [1.29, 1.82) is 0 Å². The lowest BCUT2D eigenvalue weighted by molar-refractivity contribution is -0.137. The number of fused-ring (bicyclic) bond motifs is 1. The molecule has 0 aliphatic carbocycles. The number of carbonyl (C=O) groups is 2. The SMILES string of the molecule is O=C1C(c2ccc(F)cc2)=C(N2CCc3ccccc32)C(=O)N1Cc1ccccc1F. The van der Waals surface area contributed by atoms with Crippen LogP contribution in [0.2, 0.25) is 0 Å². The molecule has 2 aliphatic rings. The molecular formula is C25H18F2N2O2. The molecule has 154 valence electrons. The third-order valence-corrected chi connectivity index (χ3v) is 5.72. The maximum absolute atomic E-state index is 14.2. The Balaban J connectivity index is 1.62. The zero-order chi connectivity index (χ0) is 21.5. The van der Waals surface area contributed by atoms with Gasteiger partial charge in [-0.2, -0.15) is 0 Å². The average molecular weight is 416 g/mol. The first-order valence-corrected chi connectivity index (χ1v) is 10.00. The van der Waals surface area contributed by atoms with Crippen molar-refractivity contribution in [3.05, 3.63) is 107 Å². The zero-order valence-electron chi connectivity index (χ0n) is 16.5. The number of rotatable bonds is 4. The molecule has 0 radical (unpaired) electrons. The molecule has 2 heterocycles. The molecule has 0 spiro atoms. The Morgan fingerprint density at radius 3 is 2.29 bits per heavy atom. The highest BCUT2D eigenvalue weighted by molar-refractivity contribution is 6.36. The summed E-state index contributed by atoms with van der Waals surface area (Å²) in [6.07, 6.45) is 0.741. The van der Waals surface area contributed by atoms with E-state index in [1.807, 2.05) is 29.2 Å². The van der Waals surface area contributed by atoms with Gasteiger partial charge < -0.3 is 4.90 Å². The van der Waals surface area contributed by atoms with Crippen molar-refractivity contribution in [3.63, 3.8) is 0 Å². The molecule has 6 heteroatoms. The molecule has 0 saturated heterocycles. The van der Waals surface area contributed by atoms with Crippen LogP contribution in [0.4, 0.5) is 14.5 Å². The number of hydrogen-bond donors (Lipinski definition) is 0. The minimum absolute atomic E-state index is 0.173. The summed E-state index contributed by atoms with van der Waals surface area (Å²) < 4.78 is 27.8. The number of carbonyl (C=O) groups excluding carboxylic acids is 2. The fourth-order valence-electron chi connectivity index (χ4n) is 4.20. The van der Waals surface area contributed by atoms with Crippen molar-refractivity contribution in [2.75, 3.05) is 11.4 Å². The smallest absolute Gasteiger partial charge is 0.278 e. The number of para-hydroxylation sites is 1. The summed E-state index contributed by atoms with van der Waals surface area (Å²) in [6.45, 7) is 0.375. The Morgan fingerprint density at radius 1 is 0.806 bits per heavy atom. The van der Waals surface area contributed by atoms with Crippen molar-refractivity contribution in [2.24, 2.45) is 0 Å². The Hall–Kier alpha value is -3.80. The fourth-order valence-corrected chi connectivity index (χ4v) is 4.20. The summed E-state index contributed by atoms with van der Waals surface area (Å²) in [5.41, 5.74) is 3.11. The van der Waals surface area contributed by atoms with Gasteiger partial charge in [0.2, 0.25) is 0 Å². The first-order chi connectivity index (χ1) is 15.0. The molecule has 4 nitrogen and oxygen atoms in total. The number of hydrogen-bond acceptors (Lipinski definition) is 3. The maximum Gasteiger partial charge on any atom is 0.278 e. The van der Waals surface area contributed by atoms with Crippen LogP contribution in [-0.2, 0) is 22.6 Å². The second-order valence-electron chi connectivity index (χ2n) is 7.55. The van der Waals surface area contributed by atoms with Gasteiger partial charge >= 0.3 is 0 Å². The van der Waals surface area contributed by atoms with Gasteiger partial charge in [0, 0.05) is 17.8 Å². The molecule has 0 fully saturated rings. The summed E-state index contributed by atoms with van der Waals surface area (Å²) >= 11 is 0. The van der Waals surface area contributed by atoms with Crippen molar-refractivity contribution in [2.45, 2.75) is 13.0 Å². The Bertz CT molecular complexity index is 1230. The first kappa shape index (κ1) is 19.2. The lowest BCUT2D eigenvalue weighted by atomic mass is 10.0. The number of imide groups is 1. The van der Waals surface area contributed by atoms with Crippen LogP contribution in [-0.4, -0.2) is 23.3 Å². The Kier molecular flexibility index (Phi) is 4.62. The van der Waals surface area contributed by atoms with Gasteiger partial charge in [0.1, 0.15) is 17.3 Å². The van der Waals surface area contributed by atoms with Crippen LogP contribution in [0.15, 0.2) is 78.5 Å². The molecule has 3 aromatic carbocycles. The normalized spacial score (nSPS) is 15.8. The summed E-state index contributed by atoms with van der Waals surface area (Å²) in [5, 5.41) is 0. The molecule has 0 N–H and O–H groups in total. The summed E-state index contributed by atoms with van der Waals surface area (Å²) in [7, 11) is 0. The topological polar surface area (TPSA) is 40.6 Å². The van der Waals surface area contributed by atoms with Crippen molar-refractivity contribution >= 4 is 23.1 Å². The van der Waals surface area contributed by atoms with Gasteiger partial charge in [-0.15, -0.1) is 0 Å². The molecule has 2 amide bonds. The van der Waals surface area contributed by atoms with Crippen molar-refractivity contribution in [3.8, 4) is 0 Å². The number of anilines is 1. The molecule has 31 heavy (non-hydrogen) atoms. The van der Waals surface area contributed by atoms with E-state index < -0.39 is 23.4 Å². The summed E-state index contributed by atoms with van der Waals surface area (Å²) in [5.74, 6) is -1.91. The molecule has 0 saturated carbocycles. The standard InChI is InChI=1S/C25H18F2N2O2/c26-19-11-9-17(10-12-19)22-23(28-14-13-16-5-2-4-8-21(16)28)25(31)29(24(22)30)15-18-6-1-3-7-20(18)27/h1-12H,13-15H2. The van der Waals surface area contributed by atoms with E-state index >= 15 is 0 Å². The highest BCUT2D eigenvalue weighted by Crippen LogP contribution is 2.39. The van der Waals surface area contributed by atoms with Gasteiger partial charge in [-0.25, -0.2) is 8.78 Å². The molecule has 3 aromatic rings. The lowest BCUT2D eigenvalue weighted by Crippen LogP contribution is -2.34. The van der Waals surface area contributed by atoms with E-state index in [1.54, 1.807) is 18.2 Å². The molecule has 5 rings (SSSR count). The minimum Gasteiger partial charge on any atom is -0.336 e. The van der Waals surface area contributed by atoms with Gasteiger partial charge in [-0.05, 0) is 41.8 Å². The number of nitrogens with zero attached hydrogens (tertiary/aromatic N) is 2. The predicted octanol–water partition coefficient (Wildman–Crippen LogP) is 4.31. The van der Waals surface area contributed by atoms with Gasteiger partial charge in [-0.3, -0.25) is 14.5 Å². The predicted molar refractivity (Wildman–Crippen MR) is 113 cm³/mol. The fraction of sp³-hybridized carbons (Fsp3) is 0.120. The van der Waals surface area contributed by atoms with Crippen molar-refractivity contribution < 1.29 is 18.4 Å². The lowest BCUT2D eigenvalue weighted by Gasteiger charge is -2.22. The quantitative estimate of drug-likeness (QED) is 0.596. The minimum atomic E-state index is -0.515. The van der Waals surface area contributed by atoms with E-state index in [0.717, 1.165) is 22.6 Å². The highest BCUT2D eigenvalue weighted by atomic mass is 19.1. The zero-order valence-corrected chi connectivity index (χ0v) is 16.5. The maximum atomic E-state index is 14.2. The Labute approximate surface area is 178 Å². The van der Waals surface area contributed by atoms with E-state index in [9.17, 15) is 18.4 Å². The number of halogens is 2. The van der Waals surface area contributed by atoms with Gasteiger partial charge in [-0.1, -0.05) is 48.5 Å². The van der Waals surface area contributed by atoms with Gasteiger partial charge in [0.25, 0.3) is 11.8 Å². The average Bonchev–Trinajstić information content (AvgIpc) is 3.30. The molecule has 0 aromatic heterocycles. The number of amides is 2. The van der Waals surface area contributed by atoms with Gasteiger partial charge in [0.05, 0.1) is 12.1 Å². The van der Waals surface area contributed by atoms with E-state index in [-0.39, 0.29) is 23.4 Å². The van der Waals surface area contributed by atoms with Crippen LogP contribution in [0.25, 0.3) is 5.57 Å². The molecular weight excluding hydrogens is 398 g/mol. The monoisotopic (exact) mass is 416 g/mol. The van der Waals surface area contributed by atoms with E-state index in [2.05, 4.69) is 0 Å². The molecule has 2 aliphatic heterocycles. The second-order valence-corrected chi connectivity index (χ2v) is 7.55. The van der Waals surface area contributed by atoms with Crippen LogP contribution < -0.4 is 4.90 Å². The Morgan fingerprint density at radius 2 is 1.52 bits per heavy atom. The second kappa shape index (κ2) is 7.47. The highest BCUT2D eigenvalue weighted by Gasteiger charge is 2.43. The molecule has 0 unspecified atom stereocenters.